The lowest BCUT2D eigenvalue weighted by Gasteiger charge is -2.25. The second-order valence-electron chi connectivity index (χ2n) is 10.1. The van der Waals surface area contributed by atoms with Crippen LogP contribution in [0.5, 0.6) is 5.75 Å². The van der Waals surface area contributed by atoms with E-state index in [1.807, 2.05) is 49.4 Å². The van der Waals surface area contributed by atoms with Gasteiger partial charge < -0.3 is 15.2 Å². The Kier molecular flexibility index (Phi) is 9.55. The maximum atomic E-state index is 12.6. The SMILES string of the molecule is CCc1ccc(C)cc1N1/C(=N/C(=O)NCCCc2ccc(-c3ncn(-c4ccc(OC(F)(F)F)cc4)n3)cc2)SCC1O. The molecule has 0 saturated carbocycles. The van der Waals surface area contributed by atoms with Crippen LogP contribution in [0.25, 0.3) is 17.1 Å². The van der Waals surface area contributed by atoms with Gasteiger partial charge in [-0.2, -0.15) is 4.99 Å². The highest BCUT2D eigenvalue weighted by molar-refractivity contribution is 8.14. The fourth-order valence-electron chi connectivity index (χ4n) is 4.72. The zero-order valence-corrected chi connectivity index (χ0v) is 24.9. The Labute approximate surface area is 256 Å². The number of carbonyl (C=O) groups is 1. The first-order chi connectivity index (χ1) is 21.1. The molecule has 2 N–H and O–H groups in total. The Hall–Kier alpha value is -4.36. The molecule has 1 saturated heterocycles. The first-order valence-corrected chi connectivity index (χ1v) is 15.0. The predicted molar refractivity (Wildman–Crippen MR) is 164 cm³/mol. The molecular weight excluding hydrogens is 593 g/mol. The van der Waals surface area contributed by atoms with Crippen molar-refractivity contribution < 1.29 is 27.8 Å². The largest absolute Gasteiger partial charge is 0.573 e. The summed E-state index contributed by atoms with van der Waals surface area (Å²) in [5.41, 5.74) is 5.41. The van der Waals surface area contributed by atoms with Gasteiger partial charge in [-0.05, 0) is 73.2 Å². The van der Waals surface area contributed by atoms with Crippen LogP contribution in [0.1, 0.15) is 30.0 Å². The number of aliphatic hydroxyl groups is 1. The van der Waals surface area contributed by atoms with Crippen LogP contribution in [0.4, 0.5) is 23.7 Å². The van der Waals surface area contributed by atoms with Gasteiger partial charge in [-0.15, -0.1) is 18.3 Å². The second-order valence-corrected chi connectivity index (χ2v) is 11.1. The smallest absolute Gasteiger partial charge is 0.406 e. The predicted octanol–water partition coefficient (Wildman–Crippen LogP) is 6.27. The Balaban J connectivity index is 1.12. The monoisotopic (exact) mass is 624 g/mol. The van der Waals surface area contributed by atoms with Gasteiger partial charge in [0.15, 0.2) is 11.0 Å². The minimum Gasteiger partial charge on any atom is -0.406 e. The van der Waals surface area contributed by atoms with E-state index in [1.54, 1.807) is 4.90 Å². The van der Waals surface area contributed by atoms with Crippen molar-refractivity contribution in [2.75, 3.05) is 17.2 Å². The number of alkyl halides is 3. The van der Waals surface area contributed by atoms with E-state index in [1.165, 1.54) is 47.0 Å². The molecule has 13 heteroatoms. The van der Waals surface area contributed by atoms with E-state index < -0.39 is 18.6 Å². The summed E-state index contributed by atoms with van der Waals surface area (Å²) < 4.78 is 42.6. The number of hydrogen-bond acceptors (Lipinski definition) is 6. The second kappa shape index (κ2) is 13.5. The highest BCUT2D eigenvalue weighted by Gasteiger charge is 2.32. The third-order valence-electron chi connectivity index (χ3n) is 6.90. The number of benzene rings is 3. The first kappa shape index (κ1) is 31.1. The van der Waals surface area contributed by atoms with Crippen molar-refractivity contribution in [1.82, 2.24) is 20.1 Å². The minimum absolute atomic E-state index is 0.312. The molecule has 9 nitrogen and oxygen atoms in total. The van der Waals surface area contributed by atoms with Crippen molar-refractivity contribution >= 4 is 28.6 Å². The van der Waals surface area contributed by atoms with Gasteiger partial charge in [0, 0.05) is 23.5 Å². The number of amidine groups is 1. The lowest BCUT2D eigenvalue weighted by atomic mass is 10.1. The molecule has 1 unspecified atom stereocenters. The van der Waals surface area contributed by atoms with Gasteiger partial charge in [-0.3, -0.25) is 4.90 Å². The van der Waals surface area contributed by atoms with E-state index in [9.17, 15) is 23.1 Å². The fraction of sp³-hybridized carbons (Fsp3) is 0.290. The summed E-state index contributed by atoms with van der Waals surface area (Å²) in [5, 5.41) is 18.4. The van der Waals surface area contributed by atoms with E-state index >= 15 is 0 Å². The highest BCUT2D eigenvalue weighted by Crippen LogP contribution is 2.33. The van der Waals surface area contributed by atoms with Crippen molar-refractivity contribution in [3.8, 4) is 22.8 Å². The molecule has 0 bridgehead atoms. The van der Waals surface area contributed by atoms with E-state index in [0.29, 0.717) is 35.4 Å². The molecule has 2 heterocycles. The van der Waals surface area contributed by atoms with E-state index in [4.69, 9.17) is 0 Å². The number of aryl methyl sites for hydroxylation is 3. The summed E-state index contributed by atoms with van der Waals surface area (Å²) in [5.74, 6) is 0.593. The van der Waals surface area contributed by atoms with Crippen LogP contribution in [0, 0.1) is 6.92 Å². The maximum absolute atomic E-state index is 12.6. The van der Waals surface area contributed by atoms with Crippen LogP contribution in [-0.2, 0) is 12.8 Å². The van der Waals surface area contributed by atoms with Gasteiger partial charge in [-0.25, -0.2) is 14.5 Å². The van der Waals surface area contributed by atoms with Gasteiger partial charge in [-0.1, -0.05) is 55.1 Å². The van der Waals surface area contributed by atoms with Gasteiger partial charge in [0.05, 0.1) is 5.69 Å². The molecule has 1 fully saturated rings. The fourth-order valence-corrected chi connectivity index (χ4v) is 5.68. The molecule has 1 aliphatic heterocycles. The molecular formula is C31H31F3N6O3S. The number of nitrogens with zero attached hydrogens (tertiary/aromatic N) is 5. The van der Waals surface area contributed by atoms with Crippen LogP contribution in [0.2, 0.25) is 0 Å². The number of carbonyl (C=O) groups excluding carboxylic acids is 1. The van der Waals surface area contributed by atoms with Crippen LogP contribution < -0.4 is 15.0 Å². The number of aromatic nitrogens is 3. The van der Waals surface area contributed by atoms with Crippen LogP contribution in [0.3, 0.4) is 0 Å². The summed E-state index contributed by atoms with van der Waals surface area (Å²) in [6.07, 6.45) is -1.78. The van der Waals surface area contributed by atoms with Crippen LogP contribution in [-0.4, -0.2) is 56.0 Å². The number of nitrogens with one attached hydrogen (secondary N) is 1. The van der Waals surface area contributed by atoms with Gasteiger partial charge in [0.1, 0.15) is 18.3 Å². The third-order valence-corrected chi connectivity index (χ3v) is 7.91. The maximum Gasteiger partial charge on any atom is 0.573 e. The summed E-state index contributed by atoms with van der Waals surface area (Å²) in [6, 6.07) is 18.7. The molecule has 1 aromatic heterocycles. The zero-order valence-electron chi connectivity index (χ0n) is 24.1. The molecule has 3 aromatic carbocycles. The molecule has 44 heavy (non-hydrogen) atoms. The van der Waals surface area contributed by atoms with Crippen molar-refractivity contribution in [2.24, 2.45) is 4.99 Å². The number of urea groups is 1. The molecule has 0 radical (unpaired) electrons. The lowest BCUT2D eigenvalue weighted by Crippen LogP contribution is -2.35. The number of thioether (sulfide) groups is 1. The number of hydrogen-bond donors (Lipinski definition) is 2. The van der Waals surface area contributed by atoms with Gasteiger partial charge in [0.2, 0.25) is 0 Å². The summed E-state index contributed by atoms with van der Waals surface area (Å²) in [4.78, 5) is 22.9. The van der Waals surface area contributed by atoms with Crippen molar-refractivity contribution in [1.29, 1.82) is 0 Å². The normalized spacial score (nSPS) is 16.0. The summed E-state index contributed by atoms with van der Waals surface area (Å²) in [7, 11) is 0. The van der Waals surface area contributed by atoms with Crippen molar-refractivity contribution in [3.63, 3.8) is 0 Å². The van der Waals surface area contributed by atoms with Crippen molar-refractivity contribution in [3.05, 3.63) is 89.7 Å². The standard InChI is InChI=1S/C31H31F3N6O3S/c1-3-22-9-6-20(2)17-26(22)40-27(41)18-44-30(40)37-29(42)35-16-4-5-21-7-10-23(11-8-21)28-36-19-39(38-28)24-12-14-25(15-13-24)43-31(32,33)34/h6-15,17,19,27,41H,3-5,16,18H2,1-2H3,(H,35,42)/b37-30-. The average Bonchev–Trinajstić information content (AvgIpc) is 3.62. The Morgan fingerprint density at radius 1 is 1.14 bits per heavy atom. The van der Waals surface area contributed by atoms with E-state index in [0.717, 1.165) is 40.8 Å². The number of anilines is 1. The molecule has 2 amide bonds. The molecule has 1 atom stereocenters. The number of ether oxygens (including phenoxy) is 1. The Bertz CT molecular complexity index is 1620. The van der Waals surface area contributed by atoms with Crippen molar-refractivity contribution in [2.45, 2.75) is 45.7 Å². The topological polar surface area (TPSA) is 105 Å². The average molecular weight is 625 g/mol. The summed E-state index contributed by atoms with van der Waals surface area (Å²) in [6.45, 7) is 4.48. The third kappa shape index (κ3) is 7.77. The zero-order chi connectivity index (χ0) is 31.3. The molecule has 0 spiro atoms. The van der Waals surface area contributed by atoms with E-state index in [2.05, 4.69) is 32.1 Å². The quantitative estimate of drug-likeness (QED) is 0.212. The number of aliphatic hydroxyl groups excluding tert-OH is 1. The molecule has 4 aromatic rings. The van der Waals surface area contributed by atoms with E-state index in [-0.39, 0.29) is 5.75 Å². The Morgan fingerprint density at radius 3 is 2.59 bits per heavy atom. The van der Waals surface area contributed by atoms with Crippen LogP contribution >= 0.6 is 11.8 Å². The molecule has 230 valence electrons. The molecule has 1 aliphatic rings. The van der Waals surface area contributed by atoms with Crippen LogP contribution in [0.15, 0.2) is 78.0 Å². The van der Waals surface area contributed by atoms with Gasteiger partial charge >= 0.3 is 12.4 Å². The molecule has 5 rings (SSSR count). The molecule has 0 aliphatic carbocycles. The summed E-state index contributed by atoms with van der Waals surface area (Å²) >= 11 is 1.36. The Morgan fingerprint density at radius 2 is 1.89 bits per heavy atom. The minimum atomic E-state index is -4.75. The number of aliphatic imine (C=N–C) groups is 1. The lowest BCUT2D eigenvalue weighted by molar-refractivity contribution is -0.274. The first-order valence-electron chi connectivity index (χ1n) is 14.0. The van der Waals surface area contributed by atoms with Gasteiger partial charge in [0.25, 0.3) is 0 Å². The number of halogens is 3. The highest BCUT2D eigenvalue weighted by atomic mass is 32.2. The number of amides is 2. The number of rotatable bonds is 9.